The van der Waals surface area contributed by atoms with Crippen LogP contribution in [0.1, 0.15) is 18.4 Å². The second-order valence-corrected chi connectivity index (χ2v) is 6.53. The molecule has 0 aliphatic carbocycles. The topological polar surface area (TPSA) is 49.8 Å². The van der Waals surface area contributed by atoms with Crippen molar-refractivity contribution in [1.82, 2.24) is 4.90 Å². The fourth-order valence-corrected chi connectivity index (χ4v) is 3.88. The fraction of sp³-hybridized carbons (Fsp3) is 0.562. The number of hydrogen-bond donors (Lipinski definition) is 1. The van der Waals surface area contributed by atoms with Gasteiger partial charge in [0.2, 0.25) is 0 Å². The van der Waals surface area contributed by atoms with Gasteiger partial charge in [0.15, 0.2) is 0 Å². The van der Waals surface area contributed by atoms with Crippen molar-refractivity contribution >= 4 is 30.0 Å². The summed E-state index contributed by atoms with van der Waals surface area (Å²) in [6.07, 6.45) is 1.67. The van der Waals surface area contributed by atoms with Crippen LogP contribution in [0.2, 0.25) is 5.02 Å². The van der Waals surface area contributed by atoms with Crippen LogP contribution in [0.15, 0.2) is 24.3 Å². The van der Waals surface area contributed by atoms with Crippen molar-refractivity contribution < 1.29 is 14.6 Å². The number of carbonyl (C=O) groups is 1. The molecule has 1 aromatic rings. The molecule has 6 heteroatoms. The maximum absolute atomic E-state index is 11.6. The average molecular weight is 346 g/mol. The SMILES string of the molecule is Cl.O=C(O)C1CN(Cc2ccccc2Cl)CC12CCOCC2. The third-order valence-corrected chi connectivity index (χ3v) is 5.23. The van der Waals surface area contributed by atoms with Crippen molar-refractivity contribution in [3.63, 3.8) is 0 Å². The number of carboxylic acid groups (broad SMARTS) is 1. The highest BCUT2D eigenvalue weighted by Gasteiger charge is 2.50. The van der Waals surface area contributed by atoms with Crippen molar-refractivity contribution in [2.24, 2.45) is 11.3 Å². The van der Waals surface area contributed by atoms with E-state index in [2.05, 4.69) is 4.90 Å². The number of likely N-dealkylation sites (tertiary alicyclic amines) is 1. The molecule has 1 spiro atoms. The Balaban J connectivity index is 0.00000176. The normalized spacial score (nSPS) is 24.1. The molecule has 0 radical (unpaired) electrons. The Bertz CT molecular complexity index is 532. The third-order valence-electron chi connectivity index (χ3n) is 4.86. The minimum absolute atomic E-state index is 0. The Labute approximate surface area is 141 Å². The molecule has 3 rings (SSSR count). The largest absolute Gasteiger partial charge is 0.481 e. The second kappa shape index (κ2) is 7.18. The summed E-state index contributed by atoms with van der Waals surface area (Å²) in [5.41, 5.74) is 0.929. The first-order valence-electron chi connectivity index (χ1n) is 7.37. The molecule has 22 heavy (non-hydrogen) atoms. The number of ether oxygens (including phenoxy) is 1. The van der Waals surface area contributed by atoms with Gasteiger partial charge >= 0.3 is 5.97 Å². The van der Waals surface area contributed by atoms with Crippen molar-refractivity contribution in [2.75, 3.05) is 26.3 Å². The molecule has 2 aliphatic rings. The summed E-state index contributed by atoms with van der Waals surface area (Å²) in [6, 6.07) is 7.77. The molecule has 1 aromatic carbocycles. The zero-order valence-corrected chi connectivity index (χ0v) is 13.9. The van der Waals surface area contributed by atoms with Crippen molar-refractivity contribution in [3.05, 3.63) is 34.9 Å². The van der Waals surface area contributed by atoms with Crippen LogP contribution in [0.25, 0.3) is 0 Å². The number of halogens is 2. The molecular formula is C16H21Cl2NO3. The zero-order valence-electron chi connectivity index (χ0n) is 12.3. The molecule has 0 saturated carbocycles. The van der Waals surface area contributed by atoms with Crippen molar-refractivity contribution in [3.8, 4) is 0 Å². The van der Waals surface area contributed by atoms with Gasteiger partial charge in [-0.2, -0.15) is 0 Å². The predicted molar refractivity (Wildman–Crippen MR) is 87.6 cm³/mol. The van der Waals surface area contributed by atoms with E-state index in [4.69, 9.17) is 16.3 Å². The Morgan fingerprint density at radius 1 is 1.36 bits per heavy atom. The smallest absolute Gasteiger partial charge is 0.308 e. The van der Waals surface area contributed by atoms with Gasteiger partial charge in [-0.3, -0.25) is 9.69 Å². The second-order valence-electron chi connectivity index (χ2n) is 6.13. The molecule has 0 aromatic heterocycles. The van der Waals surface area contributed by atoms with E-state index in [0.29, 0.717) is 26.3 Å². The number of aliphatic carboxylic acids is 1. The molecule has 122 valence electrons. The predicted octanol–water partition coefficient (Wildman–Crippen LogP) is 3.08. The fourth-order valence-electron chi connectivity index (χ4n) is 3.68. The molecule has 2 aliphatic heterocycles. The van der Waals surface area contributed by atoms with Gasteiger partial charge in [0, 0.05) is 43.3 Å². The van der Waals surface area contributed by atoms with E-state index in [1.807, 2.05) is 24.3 Å². The lowest BCUT2D eigenvalue weighted by Crippen LogP contribution is -2.40. The molecule has 2 saturated heterocycles. The lowest BCUT2D eigenvalue weighted by atomic mass is 9.72. The Morgan fingerprint density at radius 2 is 2.05 bits per heavy atom. The monoisotopic (exact) mass is 345 g/mol. The number of hydrogen-bond acceptors (Lipinski definition) is 3. The van der Waals surface area contributed by atoms with Gasteiger partial charge in [-0.05, 0) is 24.5 Å². The Morgan fingerprint density at radius 3 is 2.68 bits per heavy atom. The van der Waals surface area contributed by atoms with Gasteiger partial charge in [-0.25, -0.2) is 0 Å². The molecule has 1 N–H and O–H groups in total. The van der Waals surface area contributed by atoms with Crippen LogP contribution in [0.5, 0.6) is 0 Å². The number of rotatable bonds is 3. The lowest BCUT2D eigenvalue weighted by molar-refractivity contribution is -0.146. The highest BCUT2D eigenvalue weighted by atomic mass is 35.5. The third kappa shape index (κ3) is 3.40. The molecule has 4 nitrogen and oxygen atoms in total. The van der Waals surface area contributed by atoms with E-state index >= 15 is 0 Å². The van der Waals surface area contributed by atoms with Gasteiger partial charge in [0.05, 0.1) is 5.92 Å². The average Bonchev–Trinajstić information content (AvgIpc) is 2.80. The van der Waals surface area contributed by atoms with E-state index in [-0.39, 0.29) is 23.7 Å². The molecule has 1 atom stereocenters. The zero-order chi connectivity index (χ0) is 14.9. The highest BCUT2D eigenvalue weighted by Crippen LogP contribution is 2.44. The first-order valence-corrected chi connectivity index (χ1v) is 7.75. The molecule has 2 heterocycles. The van der Waals surface area contributed by atoms with Gasteiger partial charge in [-0.1, -0.05) is 29.8 Å². The Kier molecular flexibility index (Phi) is 5.72. The Hall–Kier alpha value is -0.810. The van der Waals surface area contributed by atoms with E-state index < -0.39 is 5.97 Å². The quantitative estimate of drug-likeness (QED) is 0.914. The van der Waals surface area contributed by atoms with Gasteiger partial charge in [0.1, 0.15) is 0 Å². The summed E-state index contributed by atoms with van der Waals surface area (Å²) >= 11 is 6.22. The summed E-state index contributed by atoms with van der Waals surface area (Å²) in [4.78, 5) is 13.9. The van der Waals surface area contributed by atoms with Crippen LogP contribution < -0.4 is 0 Å². The van der Waals surface area contributed by atoms with Crippen LogP contribution in [0.4, 0.5) is 0 Å². The number of carboxylic acids is 1. The van der Waals surface area contributed by atoms with E-state index in [1.165, 1.54) is 0 Å². The minimum atomic E-state index is -0.682. The van der Waals surface area contributed by atoms with E-state index in [9.17, 15) is 9.90 Å². The summed E-state index contributed by atoms with van der Waals surface area (Å²) in [5.74, 6) is -0.984. The van der Waals surface area contributed by atoms with Gasteiger partial charge in [0.25, 0.3) is 0 Å². The summed E-state index contributed by atoms with van der Waals surface area (Å²) < 4.78 is 5.42. The van der Waals surface area contributed by atoms with Crippen LogP contribution in [0.3, 0.4) is 0 Å². The van der Waals surface area contributed by atoms with Crippen LogP contribution in [-0.2, 0) is 16.1 Å². The molecule has 0 bridgehead atoms. The van der Waals surface area contributed by atoms with Crippen LogP contribution in [-0.4, -0.2) is 42.3 Å². The van der Waals surface area contributed by atoms with Gasteiger partial charge in [-0.15, -0.1) is 12.4 Å². The van der Waals surface area contributed by atoms with Crippen molar-refractivity contribution in [2.45, 2.75) is 19.4 Å². The minimum Gasteiger partial charge on any atom is -0.481 e. The first kappa shape index (κ1) is 17.5. The summed E-state index contributed by atoms with van der Waals surface area (Å²) in [6.45, 7) is 3.47. The standard InChI is InChI=1S/C16H20ClNO3.ClH/c17-14-4-2-1-3-12(14)9-18-10-13(15(19)20)16(11-18)5-7-21-8-6-16;/h1-4,13H,5-11H2,(H,19,20);1H. The van der Waals surface area contributed by atoms with Crippen LogP contribution in [0, 0.1) is 11.3 Å². The molecule has 1 unspecified atom stereocenters. The highest BCUT2D eigenvalue weighted by molar-refractivity contribution is 6.31. The van der Waals surface area contributed by atoms with Gasteiger partial charge < -0.3 is 9.84 Å². The summed E-state index contributed by atoms with van der Waals surface area (Å²) in [5, 5.41) is 10.3. The summed E-state index contributed by atoms with van der Waals surface area (Å²) in [7, 11) is 0. The van der Waals surface area contributed by atoms with Crippen LogP contribution >= 0.6 is 24.0 Å². The van der Waals surface area contributed by atoms with Crippen molar-refractivity contribution in [1.29, 1.82) is 0 Å². The molecule has 0 amide bonds. The van der Waals surface area contributed by atoms with E-state index in [0.717, 1.165) is 30.0 Å². The number of nitrogens with zero attached hydrogens (tertiary/aromatic N) is 1. The lowest BCUT2D eigenvalue weighted by Gasteiger charge is -2.36. The van der Waals surface area contributed by atoms with E-state index in [1.54, 1.807) is 0 Å². The number of benzene rings is 1. The first-order chi connectivity index (χ1) is 10.1. The maximum Gasteiger partial charge on any atom is 0.308 e. The molecule has 2 fully saturated rings. The molecular weight excluding hydrogens is 325 g/mol. The maximum atomic E-state index is 11.6.